The molecule has 0 radical (unpaired) electrons. The maximum Gasteiger partial charge on any atom is 0.270 e. The summed E-state index contributed by atoms with van der Waals surface area (Å²) in [5.41, 5.74) is 0.844. The summed E-state index contributed by atoms with van der Waals surface area (Å²) in [4.78, 5) is 13.0. The first-order valence-electron chi connectivity index (χ1n) is 4.82. The molecule has 0 spiro atoms. The minimum absolute atomic E-state index is 0.0277. The lowest BCUT2D eigenvalue weighted by Gasteiger charge is -2.02. The number of nitrogens with zero attached hydrogens (tertiary/aromatic N) is 1. The summed E-state index contributed by atoms with van der Waals surface area (Å²) < 4.78 is 4.96. The number of nitro benzene ring substituents is 1. The lowest BCUT2D eigenvalue weighted by Crippen LogP contribution is -1.89. The van der Waals surface area contributed by atoms with E-state index in [0.717, 1.165) is 0 Å². The van der Waals surface area contributed by atoms with Crippen LogP contribution in [0.15, 0.2) is 30.3 Å². The Morgan fingerprint density at radius 1 is 1.35 bits per heavy atom. The van der Waals surface area contributed by atoms with Crippen molar-refractivity contribution in [3.05, 3.63) is 40.4 Å². The number of phenolic OH excluding ortho intramolecular Hbond substituents is 1. The first kappa shape index (κ1) is 11.0. The van der Waals surface area contributed by atoms with Crippen molar-refractivity contribution < 1.29 is 14.8 Å². The zero-order valence-electron chi connectivity index (χ0n) is 9.01. The van der Waals surface area contributed by atoms with Crippen molar-refractivity contribution in [3.63, 3.8) is 0 Å². The van der Waals surface area contributed by atoms with Crippen LogP contribution in [-0.2, 0) is 0 Å². The van der Waals surface area contributed by atoms with E-state index in [4.69, 9.17) is 4.74 Å². The molecule has 6 nitrogen and oxygen atoms in total. The van der Waals surface area contributed by atoms with Crippen LogP contribution in [0.1, 0.15) is 0 Å². The number of non-ortho nitro benzene ring substituents is 1. The minimum atomic E-state index is -0.511. The Bertz CT molecular complexity index is 562. The van der Waals surface area contributed by atoms with Gasteiger partial charge in [-0.05, 0) is 12.1 Å². The number of nitrogens with one attached hydrogen (secondary N) is 1. The molecule has 0 aliphatic heterocycles. The van der Waals surface area contributed by atoms with Gasteiger partial charge in [0.1, 0.15) is 5.75 Å². The van der Waals surface area contributed by atoms with Crippen molar-refractivity contribution in [2.75, 3.05) is 7.11 Å². The van der Waals surface area contributed by atoms with Crippen molar-refractivity contribution in [3.8, 4) is 22.9 Å². The SMILES string of the molecule is COc1ccc(-c2cc([N+](=O)[O-])ccc2O)[nH]1. The Morgan fingerprint density at radius 2 is 2.12 bits per heavy atom. The molecule has 0 aliphatic rings. The molecule has 17 heavy (non-hydrogen) atoms. The first-order valence-corrected chi connectivity index (χ1v) is 4.82. The summed E-state index contributed by atoms with van der Waals surface area (Å²) in [6.45, 7) is 0. The highest BCUT2D eigenvalue weighted by atomic mass is 16.6. The molecule has 0 saturated carbocycles. The number of methoxy groups -OCH3 is 1. The molecular weight excluding hydrogens is 224 g/mol. The predicted octanol–water partition coefficient (Wildman–Crippen LogP) is 2.30. The van der Waals surface area contributed by atoms with Gasteiger partial charge in [-0.2, -0.15) is 0 Å². The van der Waals surface area contributed by atoms with Gasteiger partial charge >= 0.3 is 0 Å². The molecule has 88 valence electrons. The topological polar surface area (TPSA) is 88.4 Å². The molecule has 0 unspecified atom stereocenters. The molecule has 0 bridgehead atoms. The molecule has 0 aliphatic carbocycles. The zero-order valence-corrected chi connectivity index (χ0v) is 9.01. The van der Waals surface area contributed by atoms with Crippen LogP contribution in [0.4, 0.5) is 5.69 Å². The molecule has 1 aromatic carbocycles. The molecule has 0 amide bonds. The number of hydrogen-bond donors (Lipinski definition) is 2. The highest BCUT2D eigenvalue weighted by Crippen LogP contribution is 2.32. The standard InChI is InChI=1S/C11H10N2O4/c1-17-11-5-3-9(12-11)8-6-7(13(15)16)2-4-10(8)14/h2-6,12,14H,1H3. The second-order valence-corrected chi connectivity index (χ2v) is 3.40. The third kappa shape index (κ3) is 2.05. The summed E-state index contributed by atoms with van der Waals surface area (Å²) in [7, 11) is 1.50. The Labute approximate surface area is 96.6 Å². The van der Waals surface area contributed by atoms with E-state index >= 15 is 0 Å². The number of aromatic amines is 1. The molecule has 6 heteroatoms. The number of phenols is 1. The fourth-order valence-electron chi connectivity index (χ4n) is 1.50. The third-order valence-electron chi connectivity index (χ3n) is 2.36. The van der Waals surface area contributed by atoms with Crippen molar-refractivity contribution in [2.45, 2.75) is 0 Å². The average Bonchev–Trinajstić information content (AvgIpc) is 2.77. The summed E-state index contributed by atoms with van der Waals surface area (Å²) in [6, 6.07) is 7.20. The van der Waals surface area contributed by atoms with Gasteiger partial charge in [-0.3, -0.25) is 10.1 Å². The number of H-pyrrole nitrogens is 1. The van der Waals surface area contributed by atoms with Gasteiger partial charge in [-0.25, -0.2) is 0 Å². The highest BCUT2D eigenvalue weighted by Gasteiger charge is 2.13. The number of benzene rings is 1. The number of rotatable bonds is 3. The Kier molecular flexibility index (Phi) is 2.70. The first-order chi connectivity index (χ1) is 8.11. The van der Waals surface area contributed by atoms with E-state index in [1.165, 1.54) is 25.3 Å². The summed E-state index contributed by atoms with van der Waals surface area (Å²) in [5, 5.41) is 20.3. The molecule has 1 aromatic heterocycles. The molecule has 2 N–H and O–H groups in total. The second kappa shape index (κ2) is 4.17. The number of nitro groups is 1. The number of aromatic hydroxyl groups is 1. The van der Waals surface area contributed by atoms with Gasteiger partial charge < -0.3 is 14.8 Å². The van der Waals surface area contributed by atoms with E-state index < -0.39 is 4.92 Å². The normalized spacial score (nSPS) is 10.2. The number of aromatic nitrogens is 1. The minimum Gasteiger partial charge on any atom is -0.507 e. The lowest BCUT2D eigenvalue weighted by atomic mass is 10.1. The second-order valence-electron chi connectivity index (χ2n) is 3.40. The Hall–Kier alpha value is -2.50. The van der Waals surface area contributed by atoms with Crippen LogP contribution in [0.3, 0.4) is 0 Å². The van der Waals surface area contributed by atoms with Gasteiger partial charge in [-0.15, -0.1) is 0 Å². The fourth-order valence-corrected chi connectivity index (χ4v) is 1.50. The largest absolute Gasteiger partial charge is 0.507 e. The van der Waals surface area contributed by atoms with E-state index in [0.29, 0.717) is 17.1 Å². The van der Waals surface area contributed by atoms with Gasteiger partial charge in [0.2, 0.25) is 0 Å². The predicted molar refractivity (Wildman–Crippen MR) is 61.1 cm³/mol. The fraction of sp³-hybridized carbons (Fsp3) is 0.0909. The molecule has 1 heterocycles. The van der Waals surface area contributed by atoms with Crippen molar-refractivity contribution in [1.82, 2.24) is 4.98 Å². The Balaban J connectivity index is 2.49. The van der Waals surface area contributed by atoms with Gasteiger partial charge in [-0.1, -0.05) is 0 Å². The van der Waals surface area contributed by atoms with E-state index in [1.807, 2.05) is 0 Å². The van der Waals surface area contributed by atoms with E-state index in [2.05, 4.69) is 4.98 Å². The number of hydrogen-bond acceptors (Lipinski definition) is 4. The summed E-state index contributed by atoms with van der Waals surface area (Å²) in [5.74, 6) is 0.492. The highest BCUT2D eigenvalue weighted by molar-refractivity contribution is 5.70. The van der Waals surface area contributed by atoms with E-state index in [9.17, 15) is 15.2 Å². The van der Waals surface area contributed by atoms with Crippen LogP contribution >= 0.6 is 0 Å². The molecule has 0 saturated heterocycles. The van der Waals surface area contributed by atoms with Gasteiger partial charge in [0.05, 0.1) is 17.7 Å². The average molecular weight is 234 g/mol. The smallest absolute Gasteiger partial charge is 0.270 e. The van der Waals surface area contributed by atoms with Crippen LogP contribution in [0.2, 0.25) is 0 Å². The van der Waals surface area contributed by atoms with Crippen LogP contribution in [0, 0.1) is 10.1 Å². The van der Waals surface area contributed by atoms with Crippen molar-refractivity contribution >= 4 is 5.69 Å². The van der Waals surface area contributed by atoms with Gasteiger partial charge in [0, 0.05) is 23.8 Å². The zero-order chi connectivity index (χ0) is 12.4. The summed E-state index contributed by atoms with van der Waals surface area (Å²) >= 11 is 0. The van der Waals surface area contributed by atoms with Gasteiger partial charge in [0.15, 0.2) is 5.88 Å². The molecule has 2 rings (SSSR count). The number of ether oxygens (including phenoxy) is 1. The molecule has 0 fully saturated rings. The van der Waals surface area contributed by atoms with Crippen LogP contribution in [0.5, 0.6) is 11.6 Å². The maximum absolute atomic E-state index is 10.6. The molecule has 2 aromatic rings. The van der Waals surface area contributed by atoms with Gasteiger partial charge in [0.25, 0.3) is 5.69 Å². The van der Waals surface area contributed by atoms with Crippen molar-refractivity contribution in [1.29, 1.82) is 0 Å². The lowest BCUT2D eigenvalue weighted by molar-refractivity contribution is -0.384. The Morgan fingerprint density at radius 3 is 2.71 bits per heavy atom. The quantitative estimate of drug-likeness (QED) is 0.630. The van der Waals surface area contributed by atoms with E-state index in [-0.39, 0.29) is 11.4 Å². The molecule has 0 atom stereocenters. The monoisotopic (exact) mass is 234 g/mol. The van der Waals surface area contributed by atoms with Crippen LogP contribution in [-0.4, -0.2) is 22.1 Å². The molecular formula is C11H10N2O4. The maximum atomic E-state index is 10.6. The third-order valence-corrected chi connectivity index (χ3v) is 2.36. The summed E-state index contributed by atoms with van der Waals surface area (Å²) in [6.07, 6.45) is 0. The van der Waals surface area contributed by atoms with Crippen LogP contribution in [0.25, 0.3) is 11.3 Å². The van der Waals surface area contributed by atoms with Crippen molar-refractivity contribution in [2.24, 2.45) is 0 Å². The van der Waals surface area contributed by atoms with E-state index in [1.54, 1.807) is 12.1 Å². The van der Waals surface area contributed by atoms with Crippen LogP contribution < -0.4 is 4.74 Å².